The predicted molar refractivity (Wildman–Crippen MR) is 62.3 cm³/mol. The summed E-state index contributed by atoms with van der Waals surface area (Å²) >= 11 is 0. The zero-order valence-electron chi connectivity index (χ0n) is 8.83. The van der Waals surface area contributed by atoms with E-state index in [-0.39, 0.29) is 11.3 Å². The van der Waals surface area contributed by atoms with Gasteiger partial charge in [0.15, 0.2) is 0 Å². The first-order chi connectivity index (χ1) is 8.16. The fourth-order valence-corrected chi connectivity index (χ4v) is 1.46. The molecule has 0 saturated heterocycles. The zero-order chi connectivity index (χ0) is 12.3. The van der Waals surface area contributed by atoms with Gasteiger partial charge in [-0.05, 0) is 35.9 Å². The van der Waals surface area contributed by atoms with Crippen molar-refractivity contribution in [2.75, 3.05) is 0 Å². The summed E-state index contributed by atoms with van der Waals surface area (Å²) in [4.78, 5) is 11.1. The number of carboxylic acids is 1. The van der Waals surface area contributed by atoms with Crippen molar-refractivity contribution in [3.63, 3.8) is 0 Å². The van der Waals surface area contributed by atoms with Crippen LogP contribution < -0.4 is 0 Å². The first-order valence-corrected chi connectivity index (χ1v) is 4.95. The third-order valence-electron chi connectivity index (χ3n) is 2.22. The van der Waals surface area contributed by atoms with Crippen LogP contribution in [0.15, 0.2) is 47.1 Å². The lowest BCUT2D eigenvalue weighted by Crippen LogP contribution is -1.99. The number of hydrogen-bond acceptors (Lipinski definition) is 3. The van der Waals surface area contributed by atoms with Crippen LogP contribution in [0.5, 0.6) is 5.75 Å². The lowest BCUT2D eigenvalue weighted by Gasteiger charge is -2.02. The van der Waals surface area contributed by atoms with Crippen LogP contribution in [-0.2, 0) is 4.79 Å². The second kappa shape index (κ2) is 4.57. The van der Waals surface area contributed by atoms with Gasteiger partial charge < -0.3 is 14.6 Å². The molecule has 4 heteroatoms. The third-order valence-corrected chi connectivity index (χ3v) is 2.22. The molecule has 86 valence electrons. The summed E-state index contributed by atoms with van der Waals surface area (Å²) in [5.41, 5.74) is 0.491. The van der Waals surface area contributed by atoms with Crippen LogP contribution in [0.3, 0.4) is 0 Å². The van der Waals surface area contributed by atoms with E-state index in [1.165, 1.54) is 24.5 Å². The van der Waals surface area contributed by atoms with E-state index in [2.05, 4.69) is 0 Å². The van der Waals surface area contributed by atoms with Crippen LogP contribution in [0.1, 0.15) is 11.3 Å². The van der Waals surface area contributed by atoms with Gasteiger partial charge in [0.25, 0.3) is 0 Å². The van der Waals surface area contributed by atoms with E-state index in [0.29, 0.717) is 11.3 Å². The second-order valence-corrected chi connectivity index (χ2v) is 3.43. The van der Waals surface area contributed by atoms with Gasteiger partial charge in [-0.1, -0.05) is 12.1 Å². The van der Waals surface area contributed by atoms with E-state index in [4.69, 9.17) is 9.52 Å². The highest BCUT2D eigenvalue weighted by Crippen LogP contribution is 2.22. The van der Waals surface area contributed by atoms with Crippen LogP contribution in [0.2, 0.25) is 0 Å². The van der Waals surface area contributed by atoms with Crippen molar-refractivity contribution >= 4 is 17.6 Å². The molecule has 0 saturated carbocycles. The Balaban J connectivity index is 2.46. The summed E-state index contributed by atoms with van der Waals surface area (Å²) in [5, 5.41) is 18.5. The van der Waals surface area contributed by atoms with Gasteiger partial charge in [-0.15, -0.1) is 0 Å². The number of phenols is 1. The normalized spacial score (nSPS) is 11.4. The molecule has 0 aliphatic carbocycles. The quantitative estimate of drug-likeness (QED) is 0.795. The number of benzene rings is 1. The van der Waals surface area contributed by atoms with E-state index >= 15 is 0 Å². The van der Waals surface area contributed by atoms with E-state index in [9.17, 15) is 9.90 Å². The minimum atomic E-state index is -1.08. The first kappa shape index (κ1) is 11.0. The number of carboxylic acid groups (broad SMARTS) is 1. The molecule has 2 aromatic rings. The molecule has 2 rings (SSSR count). The maximum Gasteiger partial charge on any atom is 0.336 e. The summed E-state index contributed by atoms with van der Waals surface area (Å²) in [6.07, 6.45) is 2.88. The van der Waals surface area contributed by atoms with Gasteiger partial charge in [0, 0.05) is 0 Å². The van der Waals surface area contributed by atoms with E-state index in [1.54, 1.807) is 24.3 Å². The molecule has 0 aliphatic rings. The molecule has 0 amide bonds. The molecule has 0 spiro atoms. The maximum absolute atomic E-state index is 11.1. The van der Waals surface area contributed by atoms with Gasteiger partial charge in [0.1, 0.15) is 11.5 Å². The molecule has 17 heavy (non-hydrogen) atoms. The van der Waals surface area contributed by atoms with Crippen LogP contribution in [0.4, 0.5) is 0 Å². The van der Waals surface area contributed by atoms with Crippen molar-refractivity contribution in [3.8, 4) is 5.75 Å². The Kier molecular flexibility index (Phi) is 2.96. The van der Waals surface area contributed by atoms with E-state index in [0.717, 1.165) is 0 Å². The molecule has 0 radical (unpaired) electrons. The van der Waals surface area contributed by atoms with Crippen molar-refractivity contribution in [3.05, 3.63) is 54.0 Å². The fraction of sp³-hybridized carbons (Fsp3) is 0. The Bertz CT molecular complexity index is 553. The Morgan fingerprint density at radius 3 is 2.65 bits per heavy atom. The van der Waals surface area contributed by atoms with Crippen molar-refractivity contribution in [1.29, 1.82) is 0 Å². The van der Waals surface area contributed by atoms with Crippen LogP contribution in [0, 0.1) is 0 Å². The lowest BCUT2D eigenvalue weighted by atomic mass is 10.0. The third kappa shape index (κ3) is 2.55. The Morgan fingerprint density at radius 2 is 2.06 bits per heavy atom. The van der Waals surface area contributed by atoms with Crippen LogP contribution >= 0.6 is 0 Å². The molecule has 0 bridgehead atoms. The fourth-order valence-electron chi connectivity index (χ4n) is 1.46. The van der Waals surface area contributed by atoms with Crippen LogP contribution in [0.25, 0.3) is 11.6 Å². The Morgan fingerprint density at radius 1 is 1.24 bits per heavy atom. The van der Waals surface area contributed by atoms with Gasteiger partial charge in [-0.25, -0.2) is 4.79 Å². The second-order valence-electron chi connectivity index (χ2n) is 3.43. The number of phenolic OH excluding ortho intramolecular Hbond substituents is 1. The number of furan rings is 1. The van der Waals surface area contributed by atoms with Gasteiger partial charge in [-0.2, -0.15) is 0 Å². The molecule has 1 aromatic heterocycles. The van der Waals surface area contributed by atoms with Crippen molar-refractivity contribution in [1.82, 2.24) is 0 Å². The van der Waals surface area contributed by atoms with E-state index in [1.807, 2.05) is 0 Å². The SMILES string of the molecule is O=C(O)/C(=C\c1ccco1)c1cccc(O)c1. The first-order valence-electron chi connectivity index (χ1n) is 4.95. The van der Waals surface area contributed by atoms with E-state index < -0.39 is 5.97 Å². The monoisotopic (exact) mass is 230 g/mol. The highest BCUT2D eigenvalue weighted by atomic mass is 16.4. The van der Waals surface area contributed by atoms with Gasteiger partial charge in [-0.3, -0.25) is 0 Å². The number of aliphatic carboxylic acids is 1. The van der Waals surface area contributed by atoms with Crippen molar-refractivity contribution < 1.29 is 19.4 Å². The number of hydrogen-bond donors (Lipinski definition) is 2. The van der Waals surface area contributed by atoms with Gasteiger partial charge in [0.2, 0.25) is 0 Å². The molecular weight excluding hydrogens is 220 g/mol. The van der Waals surface area contributed by atoms with Gasteiger partial charge >= 0.3 is 5.97 Å². The molecule has 1 aromatic carbocycles. The zero-order valence-corrected chi connectivity index (χ0v) is 8.83. The van der Waals surface area contributed by atoms with Crippen molar-refractivity contribution in [2.24, 2.45) is 0 Å². The molecule has 2 N–H and O–H groups in total. The topological polar surface area (TPSA) is 70.7 Å². The summed E-state index contributed by atoms with van der Waals surface area (Å²) in [6.45, 7) is 0. The summed E-state index contributed by atoms with van der Waals surface area (Å²) in [6, 6.07) is 9.41. The largest absolute Gasteiger partial charge is 0.508 e. The molecular formula is C13H10O4. The molecule has 0 unspecified atom stereocenters. The molecule has 1 heterocycles. The molecule has 0 fully saturated rings. The minimum Gasteiger partial charge on any atom is -0.508 e. The highest BCUT2D eigenvalue weighted by Gasteiger charge is 2.11. The average molecular weight is 230 g/mol. The maximum atomic E-state index is 11.1. The standard InChI is InChI=1S/C13H10O4/c14-10-4-1-3-9(7-10)12(13(15)16)8-11-5-2-6-17-11/h1-8,14H,(H,15,16)/b12-8-. The summed E-state index contributed by atoms with van der Waals surface area (Å²) in [7, 11) is 0. The summed E-state index contributed by atoms with van der Waals surface area (Å²) in [5.74, 6) is -0.605. The number of rotatable bonds is 3. The lowest BCUT2D eigenvalue weighted by molar-refractivity contribution is -0.130. The minimum absolute atomic E-state index is 0.0223. The van der Waals surface area contributed by atoms with Gasteiger partial charge in [0.05, 0.1) is 11.8 Å². The van der Waals surface area contributed by atoms with Crippen molar-refractivity contribution in [2.45, 2.75) is 0 Å². The number of carbonyl (C=O) groups is 1. The predicted octanol–water partition coefficient (Wildman–Crippen LogP) is 2.61. The average Bonchev–Trinajstić information content (AvgIpc) is 2.78. The molecule has 4 nitrogen and oxygen atoms in total. The highest BCUT2D eigenvalue weighted by molar-refractivity contribution is 6.20. The molecule has 0 aliphatic heterocycles. The Hall–Kier alpha value is -2.49. The smallest absolute Gasteiger partial charge is 0.336 e. The number of aromatic hydroxyl groups is 1. The van der Waals surface area contributed by atoms with Crippen LogP contribution in [-0.4, -0.2) is 16.2 Å². The summed E-state index contributed by atoms with van der Waals surface area (Å²) < 4.78 is 5.06. The molecule has 0 atom stereocenters. The Labute approximate surface area is 97.4 Å².